The number of rotatable bonds is 5. The predicted molar refractivity (Wildman–Crippen MR) is 103 cm³/mol. The van der Waals surface area contributed by atoms with Gasteiger partial charge in [0, 0.05) is 24.5 Å². The third-order valence-corrected chi connectivity index (χ3v) is 5.92. The van der Waals surface area contributed by atoms with E-state index >= 15 is 0 Å². The van der Waals surface area contributed by atoms with Gasteiger partial charge in [0.1, 0.15) is 0 Å². The van der Waals surface area contributed by atoms with Crippen LogP contribution in [-0.2, 0) is 4.79 Å². The molecule has 4 rings (SSSR count). The number of pyridine rings is 1. The highest BCUT2D eigenvalue weighted by Crippen LogP contribution is 2.29. The lowest BCUT2D eigenvalue weighted by atomic mass is 10.1. The summed E-state index contributed by atoms with van der Waals surface area (Å²) in [5, 5.41) is 4.43. The molecular weight excluding hydrogens is 346 g/mol. The molecule has 0 radical (unpaired) electrons. The van der Waals surface area contributed by atoms with Crippen LogP contribution in [0.25, 0.3) is 10.9 Å². The Bertz CT molecular complexity index is 844. The van der Waals surface area contributed by atoms with E-state index in [9.17, 15) is 9.59 Å². The number of benzene rings is 1. The minimum atomic E-state index is -0.207. The van der Waals surface area contributed by atoms with Crippen LogP contribution in [0, 0.1) is 0 Å². The molecule has 1 N–H and O–H groups in total. The molecule has 6 heteroatoms. The van der Waals surface area contributed by atoms with Crippen LogP contribution in [0.4, 0.5) is 0 Å². The molecule has 2 amide bonds. The van der Waals surface area contributed by atoms with Gasteiger partial charge in [-0.05, 0) is 44.7 Å². The van der Waals surface area contributed by atoms with E-state index in [0.29, 0.717) is 11.6 Å². The molecule has 2 fully saturated rings. The monoisotopic (exact) mass is 369 g/mol. The lowest BCUT2D eigenvalue weighted by molar-refractivity contribution is -0.129. The number of likely N-dealkylation sites (tertiary alicyclic amines) is 1. The average molecular weight is 369 g/mol. The summed E-state index contributed by atoms with van der Waals surface area (Å²) in [4.78, 5) is 31.9. The molecule has 1 saturated carbocycles. The van der Waals surface area contributed by atoms with E-state index in [0.717, 1.165) is 54.7 Å². The Labute approximate surface area is 157 Å². The van der Waals surface area contributed by atoms with Crippen molar-refractivity contribution in [1.82, 2.24) is 15.2 Å². The molecule has 1 aliphatic heterocycles. The topological polar surface area (TPSA) is 62.3 Å². The first-order chi connectivity index (χ1) is 12.6. The number of nitrogens with zero attached hydrogens (tertiary/aromatic N) is 2. The number of nitrogens with one attached hydrogen (secondary N) is 1. The first-order valence-electron chi connectivity index (χ1n) is 9.28. The van der Waals surface area contributed by atoms with Crippen LogP contribution in [0.1, 0.15) is 43.0 Å². The van der Waals surface area contributed by atoms with E-state index in [1.807, 2.05) is 42.2 Å². The SMILES string of the molecule is C[C@H](Sc1cc(C(=O)NC2CC2)c2ccccc2n1)C(=O)N1CCCC1. The molecule has 2 aliphatic rings. The standard InChI is InChI=1S/C20H23N3O2S/c1-13(20(25)23-10-4-5-11-23)26-18-12-16(19(24)21-14-8-9-14)15-6-2-3-7-17(15)22-18/h2-3,6-7,12-14H,4-5,8-11H2,1H3,(H,21,24)/t13-/m0/s1. The number of hydrogen-bond acceptors (Lipinski definition) is 4. The van der Waals surface area contributed by atoms with Crippen molar-refractivity contribution in [2.45, 2.75) is 48.9 Å². The Morgan fingerprint density at radius 3 is 2.69 bits per heavy atom. The fourth-order valence-electron chi connectivity index (χ4n) is 3.32. The third-order valence-electron chi connectivity index (χ3n) is 4.91. The van der Waals surface area contributed by atoms with Crippen molar-refractivity contribution >= 4 is 34.5 Å². The highest BCUT2D eigenvalue weighted by atomic mass is 32.2. The van der Waals surface area contributed by atoms with Gasteiger partial charge in [-0.25, -0.2) is 4.98 Å². The van der Waals surface area contributed by atoms with Crippen LogP contribution >= 0.6 is 11.8 Å². The summed E-state index contributed by atoms with van der Waals surface area (Å²) in [6.07, 6.45) is 4.28. The Hall–Kier alpha value is -2.08. The van der Waals surface area contributed by atoms with Crippen LogP contribution in [-0.4, -0.2) is 46.1 Å². The molecular formula is C20H23N3O2S. The second-order valence-corrected chi connectivity index (χ2v) is 8.43. The molecule has 1 aliphatic carbocycles. The molecule has 0 spiro atoms. The summed E-state index contributed by atoms with van der Waals surface area (Å²) in [5.74, 6) is 0.109. The van der Waals surface area contributed by atoms with Crippen LogP contribution < -0.4 is 5.32 Å². The molecule has 1 saturated heterocycles. The molecule has 0 unspecified atom stereocenters. The van der Waals surface area contributed by atoms with Gasteiger partial charge in [-0.3, -0.25) is 9.59 Å². The van der Waals surface area contributed by atoms with Gasteiger partial charge in [0.25, 0.3) is 5.91 Å². The predicted octanol–water partition coefficient (Wildman–Crippen LogP) is 3.23. The molecule has 1 atom stereocenters. The zero-order chi connectivity index (χ0) is 18.1. The van der Waals surface area contributed by atoms with E-state index in [1.54, 1.807) is 0 Å². The van der Waals surface area contributed by atoms with Gasteiger partial charge in [-0.1, -0.05) is 30.0 Å². The molecule has 2 aromatic rings. The number of para-hydroxylation sites is 1. The summed E-state index contributed by atoms with van der Waals surface area (Å²) in [5.41, 5.74) is 1.44. The summed E-state index contributed by atoms with van der Waals surface area (Å²) in [6.45, 7) is 3.62. The smallest absolute Gasteiger partial charge is 0.252 e. The second kappa shape index (κ2) is 7.27. The van der Waals surface area contributed by atoms with Crippen LogP contribution in [0.15, 0.2) is 35.4 Å². The lowest BCUT2D eigenvalue weighted by Gasteiger charge is -2.20. The van der Waals surface area contributed by atoms with Crippen molar-refractivity contribution in [2.75, 3.05) is 13.1 Å². The van der Waals surface area contributed by atoms with E-state index in [4.69, 9.17) is 0 Å². The molecule has 1 aromatic carbocycles. The van der Waals surface area contributed by atoms with E-state index in [-0.39, 0.29) is 17.1 Å². The fourth-order valence-corrected chi connectivity index (χ4v) is 4.27. The quantitative estimate of drug-likeness (QED) is 0.822. The maximum absolute atomic E-state index is 12.7. The molecule has 2 heterocycles. The summed E-state index contributed by atoms with van der Waals surface area (Å²) in [7, 11) is 0. The van der Waals surface area contributed by atoms with Crippen molar-refractivity contribution < 1.29 is 9.59 Å². The molecule has 26 heavy (non-hydrogen) atoms. The second-order valence-electron chi connectivity index (χ2n) is 7.07. The van der Waals surface area contributed by atoms with Crippen molar-refractivity contribution in [3.05, 3.63) is 35.9 Å². The van der Waals surface area contributed by atoms with E-state index in [2.05, 4.69) is 10.3 Å². The minimum Gasteiger partial charge on any atom is -0.349 e. The van der Waals surface area contributed by atoms with Gasteiger partial charge >= 0.3 is 0 Å². The van der Waals surface area contributed by atoms with E-state index in [1.165, 1.54) is 11.8 Å². The van der Waals surface area contributed by atoms with Crippen molar-refractivity contribution in [3.63, 3.8) is 0 Å². The van der Waals surface area contributed by atoms with Gasteiger partial charge in [-0.15, -0.1) is 0 Å². The maximum Gasteiger partial charge on any atom is 0.252 e. The molecule has 136 valence electrons. The number of thioether (sulfide) groups is 1. The summed E-state index contributed by atoms with van der Waals surface area (Å²) < 4.78 is 0. The Kier molecular flexibility index (Phi) is 4.85. The molecule has 0 bridgehead atoms. The minimum absolute atomic E-state index is 0.0496. The van der Waals surface area contributed by atoms with Crippen LogP contribution in [0.2, 0.25) is 0 Å². The first-order valence-corrected chi connectivity index (χ1v) is 10.2. The Morgan fingerprint density at radius 2 is 1.96 bits per heavy atom. The van der Waals surface area contributed by atoms with Gasteiger partial charge in [0.05, 0.1) is 21.4 Å². The number of carbonyl (C=O) groups excluding carboxylic acids is 2. The number of hydrogen-bond donors (Lipinski definition) is 1. The van der Waals surface area contributed by atoms with Crippen LogP contribution in [0.3, 0.4) is 0 Å². The molecule has 5 nitrogen and oxygen atoms in total. The zero-order valence-corrected chi connectivity index (χ0v) is 15.7. The normalized spacial score (nSPS) is 18.1. The van der Waals surface area contributed by atoms with Gasteiger partial charge in [0.2, 0.25) is 5.91 Å². The van der Waals surface area contributed by atoms with Crippen LogP contribution in [0.5, 0.6) is 0 Å². The Balaban J connectivity index is 1.60. The maximum atomic E-state index is 12.7. The Morgan fingerprint density at radius 1 is 1.23 bits per heavy atom. The number of carbonyl (C=O) groups is 2. The lowest BCUT2D eigenvalue weighted by Crippen LogP contribution is -2.34. The summed E-state index contributed by atoms with van der Waals surface area (Å²) in [6, 6.07) is 9.83. The fraction of sp³-hybridized carbons (Fsp3) is 0.450. The van der Waals surface area contributed by atoms with Gasteiger partial charge in [0.15, 0.2) is 0 Å². The van der Waals surface area contributed by atoms with Crippen molar-refractivity contribution in [3.8, 4) is 0 Å². The summed E-state index contributed by atoms with van der Waals surface area (Å²) >= 11 is 1.44. The molecule has 1 aromatic heterocycles. The number of fused-ring (bicyclic) bond motifs is 1. The number of amides is 2. The van der Waals surface area contributed by atoms with Gasteiger partial charge in [-0.2, -0.15) is 0 Å². The average Bonchev–Trinajstić information content (AvgIpc) is 3.29. The highest BCUT2D eigenvalue weighted by Gasteiger charge is 2.27. The van der Waals surface area contributed by atoms with Gasteiger partial charge < -0.3 is 10.2 Å². The number of aromatic nitrogens is 1. The van der Waals surface area contributed by atoms with E-state index < -0.39 is 0 Å². The third kappa shape index (κ3) is 3.70. The zero-order valence-electron chi connectivity index (χ0n) is 14.9. The highest BCUT2D eigenvalue weighted by molar-refractivity contribution is 8.00. The largest absolute Gasteiger partial charge is 0.349 e. The first kappa shape index (κ1) is 17.3. The van der Waals surface area contributed by atoms with Crippen molar-refractivity contribution in [2.24, 2.45) is 0 Å². The van der Waals surface area contributed by atoms with Crippen molar-refractivity contribution in [1.29, 1.82) is 0 Å².